The molecule has 29 heavy (non-hydrogen) atoms. The van der Waals surface area contributed by atoms with Crippen molar-refractivity contribution >= 4 is 5.91 Å². The van der Waals surface area contributed by atoms with Crippen LogP contribution in [0.5, 0.6) is 11.5 Å². The van der Waals surface area contributed by atoms with Gasteiger partial charge in [0.2, 0.25) is 0 Å². The Bertz CT molecular complexity index is 1050. The van der Waals surface area contributed by atoms with Crippen LogP contribution >= 0.6 is 0 Å². The monoisotopic (exact) mass is 397 g/mol. The normalized spacial score (nSPS) is 10.6. The van der Waals surface area contributed by atoms with Crippen molar-refractivity contribution in [2.45, 2.75) is 13.3 Å². The number of nitrogens with zero attached hydrogens (tertiary/aromatic N) is 4. The number of aromatic nitrogens is 4. The number of carbonyl (C=O) groups is 1. The van der Waals surface area contributed by atoms with E-state index >= 15 is 0 Å². The van der Waals surface area contributed by atoms with Crippen LogP contribution in [0.4, 0.5) is 0 Å². The van der Waals surface area contributed by atoms with Gasteiger partial charge in [0.05, 0.1) is 31.7 Å². The van der Waals surface area contributed by atoms with E-state index in [4.69, 9.17) is 9.47 Å². The van der Waals surface area contributed by atoms with Gasteiger partial charge in [-0.25, -0.2) is 9.78 Å². The lowest BCUT2D eigenvalue weighted by atomic mass is 10.1. The highest BCUT2D eigenvalue weighted by Crippen LogP contribution is 2.27. The first-order valence-corrected chi connectivity index (χ1v) is 9.01. The van der Waals surface area contributed by atoms with Gasteiger partial charge in [0.25, 0.3) is 11.5 Å². The third kappa shape index (κ3) is 4.29. The van der Waals surface area contributed by atoms with Crippen LogP contribution in [0.3, 0.4) is 0 Å². The highest BCUT2D eigenvalue weighted by molar-refractivity contribution is 5.95. The molecule has 0 radical (unpaired) electrons. The summed E-state index contributed by atoms with van der Waals surface area (Å²) in [4.78, 5) is 25.7. The van der Waals surface area contributed by atoms with Gasteiger partial charge in [-0.2, -0.15) is 10.2 Å². The predicted octanol–water partition coefficient (Wildman–Crippen LogP) is 1.60. The van der Waals surface area contributed by atoms with Crippen molar-refractivity contribution < 1.29 is 14.3 Å². The van der Waals surface area contributed by atoms with Gasteiger partial charge in [-0.15, -0.1) is 0 Å². The van der Waals surface area contributed by atoms with E-state index in [-0.39, 0.29) is 11.5 Å². The van der Waals surface area contributed by atoms with E-state index < -0.39 is 0 Å². The molecule has 0 atom stereocenters. The van der Waals surface area contributed by atoms with Crippen molar-refractivity contribution in [3.8, 4) is 17.3 Å². The van der Waals surface area contributed by atoms with Gasteiger partial charge in [-0.05, 0) is 37.1 Å². The van der Waals surface area contributed by atoms with Gasteiger partial charge in [-0.1, -0.05) is 6.07 Å². The van der Waals surface area contributed by atoms with E-state index in [1.807, 2.05) is 18.2 Å². The Balaban J connectivity index is 1.71. The smallest absolute Gasteiger partial charge is 0.264 e. The third-order valence-electron chi connectivity index (χ3n) is 4.65. The maximum atomic E-state index is 12.9. The number of nitrogens with one attached hydrogen (secondary N) is 1. The Labute approximate surface area is 167 Å². The van der Waals surface area contributed by atoms with Crippen molar-refractivity contribution in [3.63, 3.8) is 0 Å². The molecule has 2 heterocycles. The Morgan fingerprint density at radius 1 is 1.17 bits per heavy atom. The fourth-order valence-electron chi connectivity index (χ4n) is 2.95. The lowest BCUT2D eigenvalue weighted by Crippen LogP contribution is -2.29. The molecule has 0 fully saturated rings. The summed E-state index contributed by atoms with van der Waals surface area (Å²) >= 11 is 0. The van der Waals surface area contributed by atoms with E-state index in [0.717, 1.165) is 5.56 Å². The standard InChI is InChI=1S/C20H23N5O4/c1-13-15(12-21-25(13)18-7-8-19(26)23-22-18)20(27)24(2)10-9-14-5-6-16(28-3)17(11-14)29-4/h5-8,11-12H,9-10H2,1-4H3,(H,23,26). The second-order valence-electron chi connectivity index (χ2n) is 6.50. The van der Waals surface area contributed by atoms with Gasteiger partial charge in [0.15, 0.2) is 17.3 Å². The minimum absolute atomic E-state index is 0.140. The lowest BCUT2D eigenvalue weighted by Gasteiger charge is -2.17. The number of hydrogen-bond donors (Lipinski definition) is 1. The molecule has 0 aliphatic carbocycles. The minimum Gasteiger partial charge on any atom is -0.493 e. The first-order chi connectivity index (χ1) is 13.9. The van der Waals surface area contributed by atoms with E-state index in [1.165, 1.54) is 16.9 Å². The molecule has 152 valence electrons. The van der Waals surface area contributed by atoms with E-state index in [1.54, 1.807) is 39.2 Å². The van der Waals surface area contributed by atoms with Crippen LogP contribution in [0.15, 0.2) is 41.3 Å². The average molecular weight is 397 g/mol. The number of benzene rings is 1. The molecule has 0 aliphatic rings. The van der Waals surface area contributed by atoms with Crippen LogP contribution in [0.25, 0.3) is 5.82 Å². The average Bonchev–Trinajstić information content (AvgIpc) is 3.12. The molecular formula is C20H23N5O4. The summed E-state index contributed by atoms with van der Waals surface area (Å²) < 4.78 is 12.1. The first-order valence-electron chi connectivity index (χ1n) is 9.01. The van der Waals surface area contributed by atoms with Crippen LogP contribution in [-0.4, -0.2) is 58.6 Å². The van der Waals surface area contributed by atoms with Gasteiger partial charge >= 0.3 is 0 Å². The maximum absolute atomic E-state index is 12.9. The van der Waals surface area contributed by atoms with E-state index in [2.05, 4.69) is 15.3 Å². The molecule has 9 nitrogen and oxygen atoms in total. The van der Waals surface area contributed by atoms with Crippen LogP contribution in [0.1, 0.15) is 21.6 Å². The SMILES string of the molecule is COc1ccc(CCN(C)C(=O)c2cnn(-c3ccc(=O)[nH]n3)c2C)cc1OC. The molecule has 1 aromatic carbocycles. The van der Waals surface area contributed by atoms with Gasteiger partial charge in [0, 0.05) is 19.7 Å². The Morgan fingerprint density at radius 3 is 2.59 bits per heavy atom. The highest BCUT2D eigenvalue weighted by Gasteiger charge is 2.19. The molecule has 0 spiro atoms. The second-order valence-corrected chi connectivity index (χ2v) is 6.50. The number of methoxy groups -OCH3 is 2. The molecular weight excluding hydrogens is 374 g/mol. The number of carbonyl (C=O) groups excluding carboxylic acids is 1. The Morgan fingerprint density at radius 2 is 1.93 bits per heavy atom. The zero-order valence-electron chi connectivity index (χ0n) is 16.8. The number of aromatic amines is 1. The van der Waals surface area contributed by atoms with Gasteiger partial charge < -0.3 is 14.4 Å². The third-order valence-corrected chi connectivity index (χ3v) is 4.65. The molecule has 0 unspecified atom stereocenters. The summed E-state index contributed by atoms with van der Waals surface area (Å²) in [6.07, 6.45) is 2.18. The Hall–Kier alpha value is -3.62. The molecule has 0 bridgehead atoms. The zero-order chi connectivity index (χ0) is 21.0. The summed E-state index contributed by atoms with van der Waals surface area (Å²) in [7, 11) is 4.93. The summed E-state index contributed by atoms with van der Waals surface area (Å²) in [5.41, 5.74) is 1.86. The number of H-pyrrole nitrogens is 1. The van der Waals surface area contributed by atoms with E-state index in [0.29, 0.717) is 41.5 Å². The van der Waals surface area contributed by atoms with Crippen LogP contribution in [0.2, 0.25) is 0 Å². The van der Waals surface area contributed by atoms with Crippen molar-refractivity contribution in [1.82, 2.24) is 24.9 Å². The van der Waals surface area contributed by atoms with Gasteiger partial charge in [-0.3, -0.25) is 9.59 Å². The molecule has 3 rings (SSSR count). The topological polar surface area (TPSA) is 102 Å². The largest absolute Gasteiger partial charge is 0.493 e. The highest BCUT2D eigenvalue weighted by atomic mass is 16.5. The van der Waals surface area contributed by atoms with Crippen LogP contribution in [-0.2, 0) is 6.42 Å². The quantitative estimate of drug-likeness (QED) is 0.650. The van der Waals surface area contributed by atoms with Crippen LogP contribution in [0, 0.1) is 6.92 Å². The molecule has 9 heteroatoms. The lowest BCUT2D eigenvalue weighted by molar-refractivity contribution is 0.0796. The minimum atomic E-state index is -0.301. The summed E-state index contributed by atoms with van der Waals surface area (Å²) in [5.74, 6) is 1.62. The van der Waals surface area contributed by atoms with Crippen LogP contribution < -0.4 is 15.0 Å². The molecule has 0 saturated carbocycles. The van der Waals surface area contributed by atoms with Crippen molar-refractivity contribution in [2.75, 3.05) is 27.8 Å². The fourth-order valence-corrected chi connectivity index (χ4v) is 2.95. The van der Waals surface area contributed by atoms with Crippen molar-refractivity contribution in [3.05, 3.63) is 63.7 Å². The van der Waals surface area contributed by atoms with E-state index in [9.17, 15) is 9.59 Å². The number of amides is 1. The second kappa shape index (κ2) is 8.59. The first kappa shape index (κ1) is 20.1. The number of ether oxygens (including phenoxy) is 2. The molecule has 2 aromatic heterocycles. The Kier molecular flexibility index (Phi) is 5.96. The zero-order valence-corrected chi connectivity index (χ0v) is 16.8. The van der Waals surface area contributed by atoms with Crippen molar-refractivity contribution in [1.29, 1.82) is 0 Å². The summed E-state index contributed by atoms with van der Waals surface area (Å²) in [5, 5.41) is 10.5. The summed E-state index contributed by atoms with van der Waals surface area (Å²) in [6.45, 7) is 2.31. The predicted molar refractivity (Wildman–Crippen MR) is 107 cm³/mol. The fraction of sp³-hybridized carbons (Fsp3) is 0.300. The van der Waals surface area contributed by atoms with Gasteiger partial charge in [0.1, 0.15) is 0 Å². The number of likely N-dealkylation sites (N-methyl/N-ethyl adjacent to an activating group) is 1. The number of rotatable bonds is 7. The molecule has 1 amide bonds. The number of hydrogen-bond acceptors (Lipinski definition) is 6. The van der Waals surface area contributed by atoms with Crippen molar-refractivity contribution in [2.24, 2.45) is 0 Å². The maximum Gasteiger partial charge on any atom is 0.264 e. The summed E-state index contributed by atoms with van der Waals surface area (Å²) in [6, 6.07) is 8.61. The molecule has 0 saturated heterocycles. The molecule has 1 N–H and O–H groups in total. The molecule has 3 aromatic rings. The molecule has 0 aliphatic heterocycles.